The van der Waals surface area contributed by atoms with E-state index in [4.69, 9.17) is 4.74 Å². The van der Waals surface area contributed by atoms with E-state index in [1.807, 2.05) is 26.0 Å². The van der Waals surface area contributed by atoms with Crippen LogP contribution in [0.1, 0.15) is 44.1 Å². The average Bonchev–Trinajstić information content (AvgIpc) is 3.20. The van der Waals surface area contributed by atoms with E-state index in [9.17, 15) is 4.79 Å². The van der Waals surface area contributed by atoms with Crippen LogP contribution in [0.15, 0.2) is 30.6 Å². The van der Waals surface area contributed by atoms with Gasteiger partial charge in [-0.25, -0.2) is 9.67 Å². The molecule has 31 heavy (non-hydrogen) atoms. The molecule has 1 aliphatic rings. The summed E-state index contributed by atoms with van der Waals surface area (Å²) >= 11 is 0. The fraction of sp³-hybridized carbons (Fsp3) is 0.455. The number of methoxy groups -OCH3 is 1. The molecule has 2 atom stereocenters. The summed E-state index contributed by atoms with van der Waals surface area (Å²) in [5.74, 6) is 0.393. The number of ether oxygens (including phenoxy) is 1. The van der Waals surface area contributed by atoms with Crippen molar-refractivity contribution in [2.45, 2.75) is 45.8 Å². The number of nitrogens with zero attached hydrogens (tertiary/aromatic N) is 5. The minimum atomic E-state index is -0.248. The molecule has 2 unspecified atom stereocenters. The summed E-state index contributed by atoms with van der Waals surface area (Å²) in [7, 11) is 1.52. The van der Waals surface area contributed by atoms with Crippen LogP contribution in [-0.4, -0.2) is 57.9 Å². The molecule has 164 valence electrons. The van der Waals surface area contributed by atoms with Crippen LogP contribution in [0.5, 0.6) is 6.01 Å². The molecule has 1 aromatic carbocycles. The summed E-state index contributed by atoms with van der Waals surface area (Å²) in [4.78, 5) is 24.4. The average molecular weight is 424 g/mol. The number of carbonyl (C=O) groups is 1. The van der Waals surface area contributed by atoms with E-state index in [0.29, 0.717) is 29.0 Å². The maximum atomic E-state index is 13.2. The molecule has 3 aromatic rings. The monoisotopic (exact) mass is 423 g/mol. The molecular formula is C22H29N7O2. The maximum Gasteiger partial charge on any atom is 0.316 e. The second-order valence-corrected chi connectivity index (χ2v) is 8.33. The third kappa shape index (κ3) is 4.18. The predicted octanol–water partition coefficient (Wildman–Crippen LogP) is 2.85. The predicted molar refractivity (Wildman–Crippen MR) is 121 cm³/mol. The highest BCUT2D eigenvalue weighted by Gasteiger charge is 2.25. The number of benzene rings is 1. The fourth-order valence-corrected chi connectivity index (χ4v) is 4.18. The number of piperazine rings is 1. The molecule has 2 N–H and O–H groups in total. The minimum Gasteiger partial charge on any atom is -0.467 e. The zero-order valence-corrected chi connectivity index (χ0v) is 18.6. The quantitative estimate of drug-likeness (QED) is 0.651. The Morgan fingerprint density at radius 1 is 1.23 bits per heavy atom. The van der Waals surface area contributed by atoms with E-state index < -0.39 is 0 Å². The molecule has 2 aromatic heterocycles. The van der Waals surface area contributed by atoms with Gasteiger partial charge < -0.3 is 20.3 Å². The number of rotatable bonds is 5. The first-order valence-electron chi connectivity index (χ1n) is 10.6. The Morgan fingerprint density at radius 2 is 1.97 bits per heavy atom. The zero-order chi connectivity index (χ0) is 22.1. The summed E-state index contributed by atoms with van der Waals surface area (Å²) in [5.41, 5.74) is 2.05. The van der Waals surface area contributed by atoms with Crippen molar-refractivity contribution >= 4 is 28.3 Å². The lowest BCUT2D eigenvalue weighted by molar-refractivity contribution is 0.102. The van der Waals surface area contributed by atoms with Crippen molar-refractivity contribution in [3.8, 4) is 6.01 Å². The second kappa shape index (κ2) is 8.50. The number of aromatic nitrogens is 4. The molecule has 1 saturated heterocycles. The first-order valence-corrected chi connectivity index (χ1v) is 10.6. The smallest absolute Gasteiger partial charge is 0.316 e. The second-order valence-electron chi connectivity index (χ2n) is 8.33. The van der Waals surface area contributed by atoms with Gasteiger partial charge in [-0.2, -0.15) is 10.1 Å². The lowest BCUT2D eigenvalue weighted by Crippen LogP contribution is -2.54. The van der Waals surface area contributed by atoms with Crippen LogP contribution in [0.3, 0.4) is 0 Å². The molecule has 0 spiro atoms. The van der Waals surface area contributed by atoms with Crippen molar-refractivity contribution in [3.05, 3.63) is 36.2 Å². The Bertz CT molecular complexity index is 1080. The highest BCUT2D eigenvalue weighted by Crippen LogP contribution is 2.31. The normalized spacial score (nSPS) is 19.1. The van der Waals surface area contributed by atoms with E-state index in [2.05, 4.69) is 44.4 Å². The van der Waals surface area contributed by atoms with Crippen molar-refractivity contribution in [2.75, 3.05) is 30.4 Å². The first-order chi connectivity index (χ1) is 14.9. The molecule has 3 heterocycles. The summed E-state index contributed by atoms with van der Waals surface area (Å²) in [6.45, 7) is 10.1. The van der Waals surface area contributed by atoms with Gasteiger partial charge in [-0.1, -0.05) is 0 Å². The number of hydrogen-bond acceptors (Lipinski definition) is 7. The van der Waals surface area contributed by atoms with E-state index >= 15 is 0 Å². The summed E-state index contributed by atoms with van der Waals surface area (Å²) in [6.07, 6.45) is 3.41. The standard InChI is InChI=1S/C22H29N7O2/c1-13(2)29-19(8-9-24-29)26-21(30)16-6-7-18(28-11-14(3)25-15(4)12-28)17-10-23-22(31-5)27-20(16)17/h6-10,13-15,25H,11-12H2,1-5H3,(H,26,30). The van der Waals surface area contributed by atoms with Crippen LogP contribution >= 0.6 is 0 Å². The topological polar surface area (TPSA) is 97.2 Å². The van der Waals surface area contributed by atoms with E-state index in [1.165, 1.54) is 7.11 Å². The van der Waals surface area contributed by atoms with Crippen LogP contribution in [0, 0.1) is 0 Å². The number of amides is 1. The van der Waals surface area contributed by atoms with Crippen molar-refractivity contribution in [1.29, 1.82) is 0 Å². The van der Waals surface area contributed by atoms with E-state index in [-0.39, 0.29) is 18.0 Å². The molecule has 9 heteroatoms. The maximum absolute atomic E-state index is 13.2. The van der Waals surface area contributed by atoms with Gasteiger partial charge in [0.2, 0.25) is 0 Å². The SMILES string of the molecule is COc1ncc2c(N3CC(C)NC(C)C3)ccc(C(=O)Nc3ccnn3C(C)C)c2n1. The number of nitrogens with one attached hydrogen (secondary N) is 2. The molecule has 4 rings (SSSR count). The Hall–Kier alpha value is -3.20. The third-order valence-electron chi connectivity index (χ3n) is 5.43. The fourth-order valence-electron chi connectivity index (χ4n) is 4.18. The van der Waals surface area contributed by atoms with E-state index in [0.717, 1.165) is 24.2 Å². The van der Waals surface area contributed by atoms with Crippen LogP contribution in [0.25, 0.3) is 10.9 Å². The highest BCUT2D eigenvalue weighted by molar-refractivity contribution is 6.13. The van der Waals surface area contributed by atoms with Gasteiger partial charge in [-0.05, 0) is 39.8 Å². The van der Waals surface area contributed by atoms with Crippen molar-refractivity contribution in [1.82, 2.24) is 25.1 Å². The molecule has 1 fully saturated rings. The molecule has 1 aliphatic heterocycles. The zero-order valence-electron chi connectivity index (χ0n) is 18.6. The molecule has 0 radical (unpaired) electrons. The summed E-state index contributed by atoms with van der Waals surface area (Å²) in [6, 6.07) is 6.67. The lowest BCUT2D eigenvalue weighted by Gasteiger charge is -2.38. The van der Waals surface area contributed by atoms with Gasteiger partial charge in [0.1, 0.15) is 5.82 Å². The van der Waals surface area contributed by atoms with Gasteiger partial charge in [-0.3, -0.25) is 4.79 Å². The first kappa shape index (κ1) is 21.0. The Morgan fingerprint density at radius 3 is 2.65 bits per heavy atom. The molecule has 0 aliphatic carbocycles. The molecule has 0 bridgehead atoms. The molecule has 9 nitrogen and oxygen atoms in total. The van der Waals surface area contributed by atoms with E-state index in [1.54, 1.807) is 23.1 Å². The van der Waals surface area contributed by atoms with Gasteiger partial charge in [0, 0.05) is 54.6 Å². The van der Waals surface area contributed by atoms with Gasteiger partial charge in [0.05, 0.1) is 24.4 Å². The van der Waals surface area contributed by atoms with Crippen LogP contribution in [-0.2, 0) is 0 Å². The van der Waals surface area contributed by atoms with Crippen LogP contribution in [0.4, 0.5) is 11.5 Å². The van der Waals surface area contributed by atoms with Gasteiger partial charge in [-0.15, -0.1) is 0 Å². The van der Waals surface area contributed by atoms with Gasteiger partial charge >= 0.3 is 6.01 Å². The van der Waals surface area contributed by atoms with Crippen molar-refractivity contribution in [3.63, 3.8) is 0 Å². The Kier molecular flexibility index (Phi) is 5.77. The lowest BCUT2D eigenvalue weighted by atomic mass is 10.0. The Balaban J connectivity index is 1.75. The number of anilines is 2. The van der Waals surface area contributed by atoms with Crippen LogP contribution < -0.4 is 20.3 Å². The summed E-state index contributed by atoms with van der Waals surface area (Å²) < 4.78 is 7.01. The highest BCUT2D eigenvalue weighted by atomic mass is 16.5. The number of fused-ring (bicyclic) bond motifs is 1. The molecule has 0 saturated carbocycles. The van der Waals surface area contributed by atoms with Crippen LogP contribution in [0.2, 0.25) is 0 Å². The number of carbonyl (C=O) groups excluding carboxylic acids is 1. The number of hydrogen-bond donors (Lipinski definition) is 2. The minimum absolute atomic E-state index is 0.128. The Labute approximate surface area is 181 Å². The summed E-state index contributed by atoms with van der Waals surface area (Å²) in [5, 5.41) is 11.6. The third-order valence-corrected chi connectivity index (χ3v) is 5.43. The molecule has 1 amide bonds. The van der Waals surface area contributed by atoms with Gasteiger partial charge in [0.25, 0.3) is 5.91 Å². The van der Waals surface area contributed by atoms with Crippen molar-refractivity contribution < 1.29 is 9.53 Å². The van der Waals surface area contributed by atoms with Crippen molar-refractivity contribution in [2.24, 2.45) is 0 Å². The van der Waals surface area contributed by atoms with Gasteiger partial charge in [0.15, 0.2) is 0 Å². The molecular weight excluding hydrogens is 394 g/mol. The largest absolute Gasteiger partial charge is 0.467 e.